The summed E-state index contributed by atoms with van der Waals surface area (Å²) in [5.41, 5.74) is 3.16. The normalized spacial score (nSPS) is 17.9. The number of Topliss-reactive ketones (excluding diaryl/α,β-unsaturated/α-hetero) is 1. The smallest absolute Gasteiger partial charge is 0.284 e. The molecule has 1 aromatic carbocycles. The van der Waals surface area contributed by atoms with Crippen LogP contribution in [0.25, 0.3) is 0 Å². The third-order valence-corrected chi connectivity index (χ3v) is 6.91. The zero-order valence-electron chi connectivity index (χ0n) is 21.5. The molecule has 0 spiro atoms. The number of aromatic nitrogens is 1. The molecule has 2 atom stereocenters. The fraction of sp³-hybridized carbons (Fsp3) is 0.407. The minimum Gasteiger partial charge on any atom is -0.363 e. The lowest BCUT2D eigenvalue weighted by Crippen LogP contribution is -2.49. The fourth-order valence-electron chi connectivity index (χ4n) is 4.29. The lowest BCUT2D eigenvalue weighted by molar-refractivity contribution is -0.136. The minimum atomic E-state index is -1.52. The monoisotopic (exact) mass is 523 g/mol. The number of hydrogen-bond acceptors (Lipinski definition) is 6. The van der Waals surface area contributed by atoms with Gasteiger partial charge in [-0.25, -0.2) is 0 Å². The zero-order valence-corrected chi connectivity index (χ0v) is 21.5. The molecule has 0 bridgehead atoms. The molecule has 1 saturated carbocycles. The number of nitrogens with two attached hydrogens (primary N) is 1. The molecule has 3 rings (SSSR count). The van der Waals surface area contributed by atoms with Gasteiger partial charge in [0.2, 0.25) is 11.7 Å². The maximum absolute atomic E-state index is 13.4. The Bertz CT molecular complexity index is 1270. The number of anilines is 1. The predicted molar refractivity (Wildman–Crippen MR) is 140 cm³/mol. The number of nitrogens with zero attached hydrogens (tertiary/aromatic N) is 1. The highest BCUT2D eigenvalue weighted by atomic mass is 16.2. The van der Waals surface area contributed by atoms with Crippen molar-refractivity contribution in [1.82, 2.24) is 15.2 Å². The lowest BCUT2D eigenvalue weighted by atomic mass is 10.0. The van der Waals surface area contributed by atoms with Gasteiger partial charge in [0, 0.05) is 30.6 Å². The quantitative estimate of drug-likeness (QED) is 0.285. The van der Waals surface area contributed by atoms with E-state index >= 15 is 0 Å². The average molecular weight is 524 g/mol. The molecule has 11 nitrogen and oxygen atoms in total. The number of hydrogen-bond donors (Lipinski definition) is 4. The Balaban J connectivity index is 1.76. The Hall–Kier alpha value is -4.28. The second-order valence-electron chi connectivity index (χ2n) is 9.48. The molecule has 1 aromatic heterocycles. The van der Waals surface area contributed by atoms with Gasteiger partial charge in [-0.2, -0.15) is 0 Å². The molecule has 11 heteroatoms. The molecular formula is C27H33N5O6. The number of nitrogens with one attached hydrogen (secondary N) is 3. The van der Waals surface area contributed by atoms with Crippen LogP contribution in [0, 0.1) is 11.8 Å². The van der Waals surface area contributed by atoms with Crippen molar-refractivity contribution in [3.8, 4) is 0 Å². The molecule has 0 saturated heterocycles. The number of pyridine rings is 1. The Kier molecular flexibility index (Phi) is 9.16. The molecule has 0 aliphatic heterocycles. The van der Waals surface area contributed by atoms with Crippen LogP contribution in [0.5, 0.6) is 0 Å². The van der Waals surface area contributed by atoms with E-state index < -0.39 is 40.5 Å². The Morgan fingerprint density at radius 2 is 1.74 bits per heavy atom. The molecule has 1 aliphatic rings. The number of primary amides is 1. The summed E-state index contributed by atoms with van der Waals surface area (Å²) >= 11 is 0. The van der Waals surface area contributed by atoms with Crippen LogP contribution in [0.1, 0.15) is 49.9 Å². The summed E-state index contributed by atoms with van der Waals surface area (Å²) in [5.74, 6) is -3.92. The first-order valence-electron chi connectivity index (χ1n) is 12.6. The maximum Gasteiger partial charge on any atom is 0.284 e. The number of carbonyl (C=O) groups excluding carboxylic acids is 5. The van der Waals surface area contributed by atoms with Crippen molar-refractivity contribution in [1.29, 1.82) is 0 Å². The van der Waals surface area contributed by atoms with Gasteiger partial charge < -0.3 is 26.3 Å². The van der Waals surface area contributed by atoms with Crippen molar-refractivity contribution >= 4 is 35.1 Å². The van der Waals surface area contributed by atoms with E-state index in [4.69, 9.17) is 5.73 Å². The molecule has 5 N–H and O–H groups in total. The van der Waals surface area contributed by atoms with Gasteiger partial charge in [-0.15, -0.1) is 0 Å². The van der Waals surface area contributed by atoms with Crippen LogP contribution in [0.15, 0.2) is 53.5 Å². The molecule has 4 amide bonds. The van der Waals surface area contributed by atoms with E-state index in [2.05, 4.69) is 16.0 Å². The largest absolute Gasteiger partial charge is 0.363 e. The van der Waals surface area contributed by atoms with Crippen LogP contribution in [0.2, 0.25) is 0 Å². The first-order chi connectivity index (χ1) is 18.1. The molecule has 2 aromatic rings. The SMILES string of the molecule is CCC(CC)CNC(=O)Cn1cccc(NC(=O)C2(NC(=O)c3ccccc3)CC2CC(=O)C(N)=O)c1=O. The predicted octanol–water partition coefficient (Wildman–Crippen LogP) is 0.972. The summed E-state index contributed by atoms with van der Waals surface area (Å²) in [6.45, 7) is 4.36. The van der Waals surface area contributed by atoms with E-state index in [9.17, 15) is 28.8 Å². The van der Waals surface area contributed by atoms with E-state index in [1.54, 1.807) is 30.3 Å². The highest BCUT2D eigenvalue weighted by Gasteiger charge is 2.61. The van der Waals surface area contributed by atoms with Crippen LogP contribution in [-0.4, -0.2) is 46.1 Å². The molecule has 1 aliphatic carbocycles. The van der Waals surface area contributed by atoms with Crippen molar-refractivity contribution in [2.45, 2.75) is 51.6 Å². The van der Waals surface area contributed by atoms with E-state index in [1.807, 2.05) is 13.8 Å². The summed E-state index contributed by atoms with van der Waals surface area (Å²) in [6, 6.07) is 11.1. The van der Waals surface area contributed by atoms with Crippen molar-refractivity contribution in [2.24, 2.45) is 17.6 Å². The van der Waals surface area contributed by atoms with Gasteiger partial charge in [-0.3, -0.25) is 28.8 Å². The van der Waals surface area contributed by atoms with Crippen LogP contribution in [0.3, 0.4) is 0 Å². The van der Waals surface area contributed by atoms with Gasteiger partial charge in [-0.05, 0) is 36.6 Å². The van der Waals surface area contributed by atoms with Gasteiger partial charge in [0.1, 0.15) is 17.8 Å². The molecule has 2 unspecified atom stereocenters. The van der Waals surface area contributed by atoms with Gasteiger partial charge >= 0.3 is 0 Å². The average Bonchev–Trinajstić information content (AvgIpc) is 3.60. The maximum atomic E-state index is 13.4. The third-order valence-electron chi connectivity index (χ3n) is 6.91. The molecule has 202 valence electrons. The fourth-order valence-corrected chi connectivity index (χ4v) is 4.29. The van der Waals surface area contributed by atoms with Crippen molar-refractivity contribution < 1.29 is 24.0 Å². The summed E-state index contributed by atoms with van der Waals surface area (Å²) in [6.07, 6.45) is 3.04. The topological polar surface area (TPSA) is 169 Å². The Morgan fingerprint density at radius 1 is 1.05 bits per heavy atom. The molecular weight excluding hydrogens is 490 g/mol. The van der Waals surface area contributed by atoms with Crippen LogP contribution >= 0.6 is 0 Å². The van der Waals surface area contributed by atoms with Crippen molar-refractivity contribution in [2.75, 3.05) is 11.9 Å². The zero-order chi connectivity index (χ0) is 27.9. The Labute approximate surface area is 220 Å². The van der Waals surface area contributed by atoms with Crippen LogP contribution < -0.4 is 27.2 Å². The van der Waals surface area contributed by atoms with Gasteiger partial charge in [0.15, 0.2) is 0 Å². The summed E-state index contributed by atoms with van der Waals surface area (Å²) in [5, 5.41) is 8.03. The van der Waals surface area contributed by atoms with Crippen molar-refractivity contribution in [3.05, 3.63) is 64.6 Å². The minimum absolute atomic E-state index is 0.0792. The van der Waals surface area contributed by atoms with Crippen molar-refractivity contribution in [3.63, 3.8) is 0 Å². The molecule has 1 heterocycles. The second kappa shape index (κ2) is 12.3. The first kappa shape index (κ1) is 28.3. The molecule has 0 radical (unpaired) electrons. The molecule has 38 heavy (non-hydrogen) atoms. The van der Waals surface area contributed by atoms with Crippen LogP contribution in [-0.2, 0) is 25.7 Å². The number of amides is 4. The third kappa shape index (κ3) is 6.72. The van der Waals surface area contributed by atoms with E-state index in [0.29, 0.717) is 18.0 Å². The summed E-state index contributed by atoms with van der Waals surface area (Å²) < 4.78 is 1.17. The standard InChI is InChI=1S/C27H33N5O6/c1-3-17(4-2)15-29-22(34)16-32-12-8-11-20(25(32)37)30-26(38)27(14-19(27)13-21(33)23(28)35)31-24(36)18-9-6-5-7-10-18/h5-12,17,19H,3-4,13-16H2,1-2H3,(H2,28,35)(H,29,34)(H,30,38)(H,31,36). The van der Waals surface area contributed by atoms with Gasteiger partial charge in [-0.1, -0.05) is 44.9 Å². The van der Waals surface area contributed by atoms with Gasteiger partial charge in [0.05, 0.1) is 0 Å². The van der Waals surface area contributed by atoms with Crippen LogP contribution in [0.4, 0.5) is 5.69 Å². The summed E-state index contributed by atoms with van der Waals surface area (Å²) in [4.78, 5) is 74.8. The molecule has 1 fully saturated rings. The second-order valence-corrected chi connectivity index (χ2v) is 9.48. The number of ketones is 1. The lowest BCUT2D eigenvalue weighted by Gasteiger charge is -2.19. The highest BCUT2D eigenvalue weighted by Crippen LogP contribution is 2.47. The van der Waals surface area contributed by atoms with E-state index in [-0.39, 0.29) is 31.0 Å². The first-order valence-corrected chi connectivity index (χ1v) is 12.6. The summed E-state index contributed by atoms with van der Waals surface area (Å²) in [7, 11) is 0. The highest BCUT2D eigenvalue weighted by molar-refractivity contribution is 6.35. The number of carbonyl (C=O) groups is 5. The van der Waals surface area contributed by atoms with E-state index in [0.717, 1.165) is 12.8 Å². The van der Waals surface area contributed by atoms with E-state index in [1.165, 1.54) is 22.9 Å². The number of rotatable bonds is 13. The number of benzene rings is 1. The Morgan fingerprint density at radius 3 is 2.37 bits per heavy atom. The van der Waals surface area contributed by atoms with Gasteiger partial charge in [0.25, 0.3) is 23.3 Å².